The minimum Gasteiger partial charge on any atom is -0.593 e. The van der Waals surface area contributed by atoms with Crippen LogP contribution in [0.25, 0.3) is 11.8 Å². The number of benzene rings is 3. The zero-order chi connectivity index (χ0) is 22.0. The Labute approximate surface area is 180 Å². The van der Waals surface area contributed by atoms with Gasteiger partial charge in [0.05, 0.1) is 22.6 Å². The lowest BCUT2D eigenvalue weighted by atomic mass is 10.0. The van der Waals surface area contributed by atoms with Crippen molar-refractivity contribution >= 4 is 40.5 Å². The average molecular weight is 438 g/mol. The monoisotopic (exact) mass is 438 g/mol. The minimum absolute atomic E-state index is 0.168. The summed E-state index contributed by atoms with van der Waals surface area (Å²) in [6.07, 6.45) is 1.57. The molecular weight excluding hydrogens is 422 g/mol. The number of ketones is 1. The number of hydrogen-bond donors (Lipinski definition) is 2. The van der Waals surface area contributed by atoms with Crippen LogP contribution in [0.4, 0.5) is 14.5 Å². The first-order valence-electron chi connectivity index (χ1n) is 9.26. The summed E-state index contributed by atoms with van der Waals surface area (Å²) in [6.45, 7) is 0. The van der Waals surface area contributed by atoms with Gasteiger partial charge in [-0.25, -0.2) is 13.5 Å². The van der Waals surface area contributed by atoms with Gasteiger partial charge >= 0.3 is 0 Å². The van der Waals surface area contributed by atoms with Crippen molar-refractivity contribution in [3.8, 4) is 0 Å². The molecule has 0 radical (unpaired) electrons. The van der Waals surface area contributed by atoms with Gasteiger partial charge in [0.25, 0.3) is 5.91 Å². The summed E-state index contributed by atoms with van der Waals surface area (Å²) in [5.74, 6) is -1.86. The second-order valence-electron chi connectivity index (χ2n) is 6.85. The summed E-state index contributed by atoms with van der Waals surface area (Å²) >= 11 is -1.48. The molecule has 2 N–H and O–H groups in total. The van der Waals surface area contributed by atoms with E-state index in [0.29, 0.717) is 22.5 Å². The SMILES string of the molecule is O=C(N/C(=C\c1cccc(F)c1)c1ccc(F)cc1)c1ccc2c(c1)C(=O)C[S+]([O-])N2. The molecule has 1 unspecified atom stereocenters. The molecule has 1 aliphatic rings. The molecule has 0 spiro atoms. The molecule has 0 saturated heterocycles. The summed E-state index contributed by atoms with van der Waals surface area (Å²) in [5.41, 5.74) is 2.26. The number of Topliss-reactive ketones (excluding diaryl/α,β-unsaturated/α-hetero) is 1. The molecule has 0 fully saturated rings. The number of carbonyl (C=O) groups excluding carboxylic acids is 2. The molecule has 31 heavy (non-hydrogen) atoms. The summed E-state index contributed by atoms with van der Waals surface area (Å²) in [7, 11) is 0. The zero-order valence-corrected chi connectivity index (χ0v) is 16.8. The number of anilines is 1. The van der Waals surface area contributed by atoms with Gasteiger partial charge < -0.3 is 9.87 Å². The maximum absolute atomic E-state index is 13.6. The first kappa shape index (κ1) is 20.8. The first-order chi connectivity index (χ1) is 14.9. The van der Waals surface area contributed by atoms with Crippen LogP contribution in [0, 0.1) is 11.6 Å². The molecular formula is C23H16F2N2O3S. The zero-order valence-electron chi connectivity index (χ0n) is 16.0. The molecule has 156 valence electrons. The number of carbonyl (C=O) groups is 2. The van der Waals surface area contributed by atoms with Gasteiger partial charge in [0, 0.05) is 11.3 Å². The van der Waals surface area contributed by atoms with E-state index in [1.165, 1.54) is 60.7 Å². The Hall–Kier alpha value is -3.49. The van der Waals surface area contributed by atoms with Crippen LogP contribution in [0.1, 0.15) is 31.8 Å². The molecule has 1 amide bonds. The van der Waals surface area contributed by atoms with Gasteiger partial charge in [0.2, 0.25) is 5.78 Å². The van der Waals surface area contributed by atoms with Crippen LogP contribution in [-0.2, 0) is 11.4 Å². The van der Waals surface area contributed by atoms with E-state index in [1.54, 1.807) is 12.1 Å². The van der Waals surface area contributed by atoms with Crippen LogP contribution in [0.5, 0.6) is 0 Å². The summed E-state index contributed by atoms with van der Waals surface area (Å²) in [5, 5.41) is 2.75. The number of nitrogens with one attached hydrogen (secondary N) is 2. The van der Waals surface area contributed by atoms with Gasteiger partial charge in [-0.1, -0.05) is 12.1 Å². The first-order valence-corrected chi connectivity index (χ1v) is 10.6. The van der Waals surface area contributed by atoms with Crippen molar-refractivity contribution in [1.29, 1.82) is 0 Å². The van der Waals surface area contributed by atoms with Crippen LogP contribution < -0.4 is 10.0 Å². The molecule has 1 heterocycles. The molecule has 0 saturated carbocycles. The lowest BCUT2D eigenvalue weighted by Crippen LogP contribution is -2.30. The third kappa shape index (κ3) is 4.82. The maximum Gasteiger partial charge on any atom is 0.255 e. The van der Waals surface area contributed by atoms with Crippen molar-refractivity contribution in [2.45, 2.75) is 0 Å². The van der Waals surface area contributed by atoms with E-state index in [0.717, 1.165) is 0 Å². The smallest absolute Gasteiger partial charge is 0.255 e. The largest absolute Gasteiger partial charge is 0.593 e. The van der Waals surface area contributed by atoms with Gasteiger partial charge in [-0.2, -0.15) is 0 Å². The van der Waals surface area contributed by atoms with Crippen molar-refractivity contribution in [3.05, 3.63) is 101 Å². The topological polar surface area (TPSA) is 81.3 Å². The number of fused-ring (bicyclic) bond motifs is 1. The molecule has 4 rings (SSSR count). The molecule has 0 bridgehead atoms. The molecule has 0 aliphatic carbocycles. The summed E-state index contributed by atoms with van der Waals surface area (Å²) in [6, 6.07) is 15.8. The lowest BCUT2D eigenvalue weighted by molar-refractivity contribution is 0.0974. The Morgan fingerprint density at radius 3 is 2.48 bits per heavy atom. The second kappa shape index (κ2) is 8.71. The highest BCUT2D eigenvalue weighted by Crippen LogP contribution is 2.25. The highest BCUT2D eigenvalue weighted by atomic mass is 32.2. The highest BCUT2D eigenvalue weighted by Gasteiger charge is 2.27. The second-order valence-corrected chi connectivity index (χ2v) is 8.03. The fourth-order valence-electron chi connectivity index (χ4n) is 3.14. The molecule has 1 atom stereocenters. The minimum atomic E-state index is -1.48. The predicted octanol–water partition coefficient (Wildman–Crippen LogP) is 4.16. The Bertz CT molecular complexity index is 1200. The van der Waals surface area contributed by atoms with E-state index in [2.05, 4.69) is 10.0 Å². The standard InChI is InChI=1S/C23H16F2N2O3S/c24-17-7-4-15(5-8-17)21(11-14-2-1-3-18(25)10-14)26-23(29)16-6-9-20-19(12-16)22(28)13-31(30)27-20/h1-12,27H,13H2,(H,26,29)/b21-11-. The molecule has 0 aromatic heterocycles. The van der Waals surface area contributed by atoms with Crippen molar-refractivity contribution < 1.29 is 22.9 Å². The van der Waals surface area contributed by atoms with E-state index >= 15 is 0 Å². The number of halogens is 2. The van der Waals surface area contributed by atoms with Crippen molar-refractivity contribution in [1.82, 2.24) is 5.32 Å². The van der Waals surface area contributed by atoms with Gasteiger partial charge in [0.15, 0.2) is 5.75 Å². The third-order valence-corrected chi connectivity index (χ3v) is 5.60. The van der Waals surface area contributed by atoms with Crippen LogP contribution in [0.15, 0.2) is 66.7 Å². The Morgan fingerprint density at radius 2 is 1.74 bits per heavy atom. The van der Waals surface area contributed by atoms with E-state index in [-0.39, 0.29) is 22.7 Å². The van der Waals surface area contributed by atoms with Gasteiger partial charge in [-0.05, 0) is 71.8 Å². The van der Waals surface area contributed by atoms with Crippen LogP contribution >= 0.6 is 0 Å². The van der Waals surface area contributed by atoms with Crippen LogP contribution in [-0.4, -0.2) is 22.0 Å². The number of amides is 1. The summed E-state index contributed by atoms with van der Waals surface area (Å²) in [4.78, 5) is 25.1. The lowest BCUT2D eigenvalue weighted by Gasteiger charge is -2.20. The van der Waals surface area contributed by atoms with Crippen molar-refractivity contribution in [2.75, 3.05) is 10.5 Å². The van der Waals surface area contributed by atoms with Gasteiger partial charge in [-0.3, -0.25) is 9.59 Å². The Morgan fingerprint density at radius 1 is 1.00 bits per heavy atom. The molecule has 3 aromatic carbocycles. The average Bonchev–Trinajstić information content (AvgIpc) is 2.73. The molecule has 1 aliphatic heterocycles. The van der Waals surface area contributed by atoms with E-state index in [9.17, 15) is 22.9 Å². The van der Waals surface area contributed by atoms with Crippen LogP contribution in [0.3, 0.4) is 0 Å². The predicted molar refractivity (Wildman–Crippen MR) is 116 cm³/mol. The van der Waals surface area contributed by atoms with E-state index in [1.807, 2.05) is 0 Å². The van der Waals surface area contributed by atoms with Gasteiger partial charge in [-0.15, -0.1) is 0 Å². The molecule has 8 heteroatoms. The van der Waals surface area contributed by atoms with E-state index < -0.39 is 28.9 Å². The maximum atomic E-state index is 13.6. The molecule has 3 aromatic rings. The highest BCUT2D eigenvalue weighted by molar-refractivity contribution is 7.93. The number of hydrogen-bond acceptors (Lipinski definition) is 4. The quantitative estimate of drug-likeness (QED) is 0.473. The third-order valence-electron chi connectivity index (χ3n) is 4.63. The Kier molecular flexibility index (Phi) is 5.83. The van der Waals surface area contributed by atoms with Crippen molar-refractivity contribution in [2.24, 2.45) is 0 Å². The summed E-state index contributed by atoms with van der Waals surface area (Å²) < 4.78 is 41.3. The normalized spacial score (nSPS) is 15.8. The Balaban J connectivity index is 1.67. The fourth-order valence-corrected chi connectivity index (χ4v) is 4.03. The van der Waals surface area contributed by atoms with Gasteiger partial charge in [0.1, 0.15) is 11.6 Å². The van der Waals surface area contributed by atoms with E-state index in [4.69, 9.17) is 0 Å². The number of rotatable bonds is 4. The van der Waals surface area contributed by atoms with Crippen molar-refractivity contribution in [3.63, 3.8) is 0 Å². The molecule has 5 nitrogen and oxygen atoms in total. The fraction of sp³-hybridized carbons (Fsp3) is 0.0435. The van der Waals surface area contributed by atoms with Crippen LogP contribution in [0.2, 0.25) is 0 Å².